The van der Waals surface area contributed by atoms with Crippen molar-refractivity contribution < 1.29 is 9.18 Å². The summed E-state index contributed by atoms with van der Waals surface area (Å²) in [5.41, 5.74) is 0.790. The summed E-state index contributed by atoms with van der Waals surface area (Å²) in [5, 5.41) is 3.53. The molecule has 1 saturated heterocycles. The highest BCUT2D eigenvalue weighted by atomic mass is 35.5. The van der Waals surface area contributed by atoms with Crippen LogP contribution in [0.5, 0.6) is 0 Å². The summed E-state index contributed by atoms with van der Waals surface area (Å²) >= 11 is 5.77. The maximum absolute atomic E-state index is 13.1. The summed E-state index contributed by atoms with van der Waals surface area (Å²) in [5.74, 6) is -0.139. The number of nitrogens with one attached hydrogen (secondary N) is 1. The molecule has 1 N–H and O–H groups in total. The molecule has 0 unspecified atom stereocenters. The summed E-state index contributed by atoms with van der Waals surface area (Å²) < 4.78 is 13.1. The van der Waals surface area contributed by atoms with Gasteiger partial charge < -0.3 is 10.2 Å². The molecule has 1 aliphatic rings. The fourth-order valence-corrected chi connectivity index (χ4v) is 2.51. The molecule has 1 aromatic carbocycles. The van der Waals surface area contributed by atoms with Crippen LogP contribution in [-0.2, 0) is 11.3 Å². The van der Waals surface area contributed by atoms with Crippen LogP contribution in [0.2, 0.25) is 5.02 Å². The van der Waals surface area contributed by atoms with Gasteiger partial charge in [0, 0.05) is 37.6 Å². The van der Waals surface area contributed by atoms with E-state index in [-0.39, 0.29) is 11.7 Å². The number of likely N-dealkylation sites (tertiary alicyclic amines) is 1. The lowest BCUT2D eigenvalue weighted by molar-refractivity contribution is -0.130. The number of halogens is 2. The molecule has 2 rings (SSSR count). The third-order valence-corrected chi connectivity index (χ3v) is 3.44. The molecule has 19 heavy (non-hydrogen) atoms. The van der Waals surface area contributed by atoms with Crippen molar-refractivity contribution in [1.82, 2.24) is 10.2 Å². The van der Waals surface area contributed by atoms with Gasteiger partial charge in [0.2, 0.25) is 5.91 Å². The zero-order valence-electron chi connectivity index (χ0n) is 10.8. The predicted octanol–water partition coefficient (Wildman–Crippen LogP) is 2.58. The average Bonchev–Trinajstić information content (AvgIpc) is 2.87. The SMILES string of the molecule is O=C(CCNCc1cc(F)cc(Cl)c1)N1CCCC1. The lowest BCUT2D eigenvalue weighted by Gasteiger charge is -2.15. The van der Waals surface area contributed by atoms with Gasteiger partial charge >= 0.3 is 0 Å². The molecule has 1 fully saturated rings. The molecular formula is C14H18ClFN2O. The third kappa shape index (κ3) is 4.48. The zero-order valence-corrected chi connectivity index (χ0v) is 11.5. The van der Waals surface area contributed by atoms with Crippen LogP contribution < -0.4 is 5.32 Å². The lowest BCUT2D eigenvalue weighted by Crippen LogP contribution is -2.30. The number of benzene rings is 1. The smallest absolute Gasteiger partial charge is 0.223 e. The molecule has 1 aromatic rings. The average molecular weight is 285 g/mol. The number of rotatable bonds is 5. The Morgan fingerprint density at radius 2 is 2.05 bits per heavy atom. The molecule has 3 nitrogen and oxygen atoms in total. The largest absolute Gasteiger partial charge is 0.343 e. The fourth-order valence-electron chi connectivity index (χ4n) is 2.27. The van der Waals surface area contributed by atoms with E-state index in [1.807, 2.05) is 4.90 Å². The first-order chi connectivity index (χ1) is 9.15. The second-order valence-electron chi connectivity index (χ2n) is 4.79. The van der Waals surface area contributed by atoms with Crippen molar-refractivity contribution in [2.24, 2.45) is 0 Å². The van der Waals surface area contributed by atoms with E-state index in [0.29, 0.717) is 24.5 Å². The van der Waals surface area contributed by atoms with Gasteiger partial charge in [-0.25, -0.2) is 4.39 Å². The van der Waals surface area contributed by atoms with Crippen molar-refractivity contribution >= 4 is 17.5 Å². The van der Waals surface area contributed by atoms with E-state index >= 15 is 0 Å². The Morgan fingerprint density at radius 3 is 2.74 bits per heavy atom. The number of hydrogen-bond donors (Lipinski definition) is 1. The van der Waals surface area contributed by atoms with E-state index in [0.717, 1.165) is 31.5 Å². The van der Waals surface area contributed by atoms with Crippen molar-refractivity contribution in [2.75, 3.05) is 19.6 Å². The Morgan fingerprint density at radius 1 is 1.32 bits per heavy atom. The van der Waals surface area contributed by atoms with Gasteiger partial charge in [0.15, 0.2) is 0 Å². The number of nitrogens with zero attached hydrogens (tertiary/aromatic N) is 1. The molecule has 0 atom stereocenters. The fraction of sp³-hybridized carbons (Fsp3) is 0.500. The zero-order chi connectivity index (χ0) is 13.7. The van der Waals surface area contributed by atoms with Gasteiger partial charge in [-0.3, -0.25) is 4.79 Å². The van der Waals surface area contributed by atoms with Crippen LogP contribution in [0.1, 0.15) is 24.8 Å². The molecule has 0 spiro atoms. The Balaban J connectivity index is 1.70. The van der Waals surface area contributed by atoms with Crippen LogP contribution in [0, 0.1) is 5.82 Å². The highest BCUT2D eigenvalue weighted by Gasteiger charge is 2.16. The minimum absolute atomic E-state index is 0.197. The summed E-state index contributed by atoms with van der Waals surface area (Å²) in [6.45, 7) is 2.89. The Labute approximate surface area is 117 Å². The molecule has 104 valence electrons. The Bertz CT molecular complexity index is 427. The maximum atomic E-state index is 13.1. The van der Waals surface area contributed by atoms with Crippen LogP contribution in [0.15, 0.2) is 18.2 Å². The van der Waals surface area contributed by atoms with E-state index in [9.17, 15) is 9.18 Å². The lowest BCUT2D eigenvalue weighted by atomic mass is 10.2. The molecule has 1 aliphatic heterocycles. The Kier molecular flexibility index (Phi) is 5.16. The monoisotopic (exact) mass is 284 g/mol. The van der Waals surface area contributed by atoms with E-state index in [1.165, 1.54) is 12.1 Å². The van der Waals surface area contributed by atoms with Crippen LogP contribution in [0.25, 0.3) is 0 Å². The maximum Gasteiger partial charge on any atom is 0.223 e. The van der Waals surface area contributed by atoms with Crippen molar-refractivity contribution in [1.29, 1.82) is 0 Å². The third-order valence-electron chi connectivity index (χ3n) is 3.23. The topological polar surface area (TPSA) is 32.3 Å². The van der Waals surface area contributed by atoms with Gasteiger partial charge in [-0.15, -0.1) is 0 Å². The summed E-state index contributed by atoms with van der Waals surface area (Å²) in [6, 6.07) is 4.45. The number of carbonyl (C=O) groups is 1. The van der Waals surface area contributed by atoms with Gasteiger partial charge in [-0.05, 0) is 36.6 Å². The molecule has 5 heteroatoms. The van der Waals surface area contributed by atoms with Gasteiger partial charge in [0.25, 0.3) is 0 Å². The molecule has 0 radical (unpaired) electrons. The normalized spacial score (nSPS) is 14.9. The van der Waals surface area contributed by atoms with Gasteiger partial charge in [0.05, 0.1) is 0 Å². The second kappa shape index (κ2) is 6.87. The van der Waals surface area contributed by atoms with E-state index in [1.54, 1.807) is 6.07 Å². The van der Waals surface area contributed by atoms with Gasteiger partial charge in [0.1, 0.15) is 5.82 Å². The summed E-state index contributed by atoms with van der Waals surface area (Å²) in [7, 11) is 0. The Hall–Kier alpha value is -1.13. The van der Waals surface area contributed by atoms with Crippen LogP contribution in [0.3, 0.4) is 0 Å². The molecule has 0 aliphatic carbocycles. The molecule has 1 amide bonds. The molecule has 0 aromatic heterocycles. The van der Waals surface area contributed by atoms with Crippen LogP contribution in [0.4, 0.5) is 4.39 Å². The van der Waals surface area contributed by atoms with Crippen molar-refractivity contribution in [3.05, 3.63) is 34.6 Å². The predicted molar refractivity (Wildman–Crippen MR) is 73.5 cm³/mol. The standard InChI is InChI=1S/C14H18ClFN2O/c15-12-7-11(8-13(16)9-12)10-17-4-3-14(19)18-5-1-2-6-18/h7-9,17H,1-6,10H2. The number of hydrogen-bond acceptors (Lipinski definition) is 2. The van der Waals surface area contributed by atoms with E-state index in [2.05, 4.69) is 5.32 Å². The first kappa shape index (κ1) is 14.3. The van der Waals surface area contributed by atoms with Gasteiger partial charge in [-0.1, -0.05) is 11.6 Å². The minimum atomic E-state index is -0.336. The number of carbonyl (C=O) groups excluding carboxylic acids is 1. The van der Waals surface area contributed by atoms with Crippen molar-refractivity contribution in [3.63, 3.8) is 0 Å². The molecular weight excluding hydrogens is 267 g/mol. The molecule has 1 heterocycles. The van der Waals surface area contributed by atoms with Crippen LogP contribution >= 0.6 is 11.6 Å². The highest BCUT2D eigenvalue weighted by molar-refractivity contribution is 6.30. The van der Waals surface area contributed by atoms with Crippen molar-refractivity contribution in [2.45, 2.75) is 25.8 Å². The molecule has 0 saturated carbocycles. The first-order valence-corrected chi connectivity index (χ1v) is 6.96. The van der Waals surface area contributed by atoms with Gasteiger partial charge in [-0.2, -0.15) is 0 Å². The van der Waals surface area contributed by atoms with E-state index in [4.69, 9.17) is 11.6 Å². The second-order valence-corrected chi connectivity index (χ2v) is 5.23. The summed E-state index contributed by atoms with van der Waals surface area (Å²) in [4.78, 5) is 13.7. The highest BCUT2D eigenvalue weighted by Crippen LogP contribution is 2.14. The number of amides is 1. The minimum Gasteiger partial charge on any atom is -0.343 e. The van der Waals surface area contributed by atoms with Crippen molar-refractivity contribution in [3.8, 4) is 0 Å². The molecule has 0 bridgehead atoms. The van der Waals surface area contributed by atoms with Crippen LogP contribution in [-0.4, -0.2) is 30.4 Å². The quantitative estimate of drug-likeness (QED) is 0.843. The first-order valence-electron chi connectivity index (χ1n) is 6.58. The van der Waals surface area contributed by atoms with E-state index < -0.39 is 0 Å². The summed E-state index contributed by atoms with van der Waals surface area (Å²) in [6.07, 6.45) is 2.71.